The van der Waals surface area contributed by atoms with Crippen molar-refractivity contribution >= 4 is 11.5 Å². The predicted molar refractivity (Wildman–Crippen MR) is 64.9 cm³/mol. The number of aliphatic hydroxyl groups excluding tert-OH is 1. The summed E-state index contributed by atoms with van der Waals surface area (Å²) in [4.78, 5) is 11.9. The highest BCUT2D eigenvalue weighted by atomic mass is 16.3. The molecule has 0 saturated heterocycles. The molecule has 0 bridgehead atoms. The van der Waals surface area contributed by atoms with Gasteiger partial charge in [-0.15, -0.1) is 0 Å². The summed E-state index contributed by atoms with van der Waals surface area (Å²) in [6.45, 7) is 7.93. The van der Waals surface area contributed by atoms with E-state index in [1.807, 2.05) is 27.7 Å². The van der Waals surface area contributed by atoms with Crippen LogP contribution in [0.25, 0.3) is 0 Å². The molecule has 0 atom stereocenters. The number of hydrogen-bond acceptors (Lipinski definition) is 3. The Hall–Kier alpha value is -1.12. The van der Waals surface area contributed by atoms with Gasteiger partial charge in [0.25, 0.3) is 0 Å². The number of Topliss-reactive ketones (excluding diaryl/α,β-unsaturated/α-hetero) is 1. The summed E-state index contributed by atoms with van der Waals surface area (Å²) in [6.07, 6.45) is 1.47. The molecule has 0 fully saturated rings. The maximum Gasteiger partial charge on any atom is 0.168 e. The quantitative estimate of drug-likeness (QED) is 0.721. The lowest BCUT2D eigenvalue weighted by Crippen LogP contribution is -2.29. The summed E-state index contributed by atoms with van der Waals surface area (Å²) in [6, 6.07) is 0. The molecular weight excluding hydrogens is 202 g/mol. The number of carbonyl (C=O) groups is 1. The molecule has 0 spiro atoms. The molecule has 0 aliphatic heterocycles. The van der Waals surface area contributed by atoms with E-state index >= 15 is 0 Å². The van der Waals surface area contributed by atoms with Gasteiger partial charge in [0.1, 0.15) is 5.76 Å². The number of allylic oxidation sites excluding steroid dienone is 2. The summed E-state index contributed by atoms with van der Waals surface area (Å²) >= 11 is 0. The van der Waals surface area contributed by atoms with Gasteiger partial charge in [0.15, 0.2) is 5.78 Å². The normalized spacial score (nSPS) is 20.4. The molecule has 3 heteroatoms. The highest BCUT2D eigenvalue weighted by Crippen LogP contribution is 2.36. The zero-order valence-electron chi connectivity index (χ0n) is 10.6. The summed E-state index contributed by atoms with van der Waals surface area (Å²) < 4.78 is 0. The molecule has 1 aliphatic rings. The molecule has 3 nitrogen and oxygen atoms in total. The van der Waals surface area contributed by atoms with E-state index in [1.54, 1.807) is 0 Å². The molecule has 0 heterocycles. The fraction of sp³-hybridized carbons (Fsp3) is 0.692. The number of rotatable bonds is 3. The first-order chi connectivity index (χ1) is 7.23. The molecule has 0 aromatic rings. The predicted octanol–water partition coefficient (Wildman–Crippen LogP) is 3.25. The van der Waals surface area contributed by atoms with Crippen LogP contribution < -0.4 is 0 Å². The largest absolute Gasteiger partial charge is 0.511 e. The van der Waals surface area contributed by atoms with Crippen LogP contribution in [-0.4, -0.2) is 16.6 Å². The molecule has 0 aromatic carbocycles. The van der Waals surface area contributed by atoms with Crippen LogP contribution >= 0.6 is 0 Å². The van der Waals surface area contributed by atoms with Crippen LogP contribution in [0.3, 0.4) is 0 Å². The average molecular weight is 223 g/mol. The van der Waals surface area contributed by atoms with Crippen LogP contribution in [-0.2, 0) is 4.79 Å². The fourth-order valence-corrected chi connectivity index (χ4v) is 2.14. The molecule has 0 saturated carbocycles. The standard InChI is InChI=1S/C13H21NO2/c1-8(2)5-9(14)12-10(15)6-13(3,4)7-11(12)16/h8,14-15H,5-7H2,1-4H3. The Kier molecular flexibility index (Phi) is 3.56. The van der Waals surface area contributed by atoms with Gasteiger partial charge in [0, 0.05) is 18.6 Å². The van der Waals surface area contributed by atoms with Crippen molar-refractivity contribution in [1.29, 1.82) is 5.41 Å². The van der Waals surface area contributed by atoms with Gasteiger partial charge in [-0.2, -0.15) is 0 Å². The first-order valence-corrected chi connectivity index (χ1v) is 5.76. The van der Waals surface area contributed by atoms with Gasteiger partial charge in [-0.05, 0) is 17.8 Å². The first kappa shape index (κ1) is 12.9. The molecule has 1 rings (SSSR count). The topological polar surface area (TPSA) is 61.1 Å². The van der Waals surface area contributed by atoms with Gasteiger partial charge < -0.3 is 10.5 Å². The molecule has 0 unspecified atom stereocenters. The van der Waals surface area contributed by atoms with E-state index in [1.165, 1.54) is 0 Å². The van der Waals surface area contributed by atoms with Crippen molar-refractivity contribution < 1.29 is 9.90 Å². The lowest BCUT2D eigenvalue weighted by molar-refractivity contribution is -0.117. The van der Waals surface area contributed by atoms with Gasteiger partial charge in [0.2, 0.25) is 0 Å². The monoisotopic (exact) mass is 223 g/mol. The lowest BCUT2D eigenvalue weighted by Gasteiger charge is -2.29. The van der Waals surface area contributed by atoms with Gasteiger partial charge >= 0.3 is 0 Å². The van der Waals surface area contributed by atoms with E-state index in [9.17, 15) is 9.90 Å². The SMILES string of the molecule is CC(C)CC(=N)C1=C(O)CC(C)(C)CC1=O. The smallest absolute Gasteiger partial charge is 0.168 e. The number of carbonyl (C=O) groups excluding carboxylic acids is 1. The van der Waals surface area contributed by atoms with Crippen molar-refractivity contribution in [3.63, 3.8) is 0 Å². The van der Waals surface area contributed by atoms with Crippen LogP contribution in [0.1, 0.15) is 47.0 Å². The van der Waals surface area contributed by atoms with Crippen molar-refractivity contribution in [2.45, 2.75) is 47.0 Å². The highest BCUT2D eigenvalue weighted by Gasteiger charge is 2.34. The van der Waals surface area contributed by atoms with Crippen LogP contribution in [0.5, 0.6) is 0 Å². The van der Waals surface area contributed by atoms with Crippen LogP contribution in [0, 0.1) is 16.7 Å². The second-order valence-corrected chi connectivity index (χ2v) is 5.84. The number of nitrogens with one attached hydrogen (secondary N) is 1. The van der Waals surface area contributed by atoms with Crippen LogP contribution in [0.2, 0.25) is 0 Å². The Labute approximate surface area is 97.1 Å². The Morgan fingerprint density at radius 2 is 2.00 bits per heavy atom. The summed E-state index contributed by atoms with van der Waals surface area (Å²) in [7, 11) is 0. The zero-order valence-corrected chi connectivity index (χ0v) is 10.6. The van der Waals surface area contributed by atoms with Crippen molar-refractivity contribution in [3.05, 3.63) is 11.3 Å². The minimum Gasteiger partial charge on any atom is -0.511 e. The minimum absolute atomic E-state index is 0.0839. The molecule has 16 heavy (non-hydrogen) atoms. The Morgan fingerprint density at radius 1 is 1.44 bits per heavy atom. The van der Waals surface area contributed by atoms with Gasteiger partial charge in [-0.3, -0.25) is 4.79 Å². The van der Waals surface area contributed by atoms with E-state index in [0.29, 0.717) is 25.2 Å². The van der Waals surface area contributed by atoms with E-state index in [2.05, 4.69) is 0 Å². The fourth-order valence-electron chi connectivity index (χ4n) is 2.14. The molecule has 1 aliphatic carbocycles. The van der Waals surface area contributed by atoms with Gasteiger partial charge in [-0.1, -0.05) is 27.7 Å². The molecule has 2 N–H and O–H groups in total. The van der Waals surface area contributed by atoms with Gasteiger partial charge in [-0.25, -0.2) is 0 Å². The number of hydrogen-bond donors (Lipinski definition) is 2. The molecule has 0 radical (unpaired) electrons. The lowest BCUT2D eigenvalue weighted by atomic mass is 9.75. The zero-order chi connectivity index (χ0) is 12.5. The van der Waals surface area contributed by atoms with Crippen LogP contribution in [0.4, 0.5) is 0 Å². The van der Waals surface area contributed by atoms with E-state index in [4.69, 9.17) is 5.41 Å². The second-order valence-electron chi connectivity index (χ2n) is 5.84. The molecule has 0 aromatic heterocycles. The third kappa shape index (κ3) is 2.94. The maximum absolute atomic E-state index is 11.9. The van der Waals surface area contributed by atoms with Crippen molar-refractivity contribution in [2.24, 2.45) is 11.3 Å². The average Bonchev–Trinajstić information content (AvgIpc) is 1.96. The number of ketones is 1. The second kappa shape index (κ2) is 4.40. The highest BCUT2D eigenvalue weighted by molar-refractivity contribution is 6.22. The summed E-state index contributed by atoms with van der Waals surface area (Å²) in [5.74, 6) is 0.349. The third-order valence-corrected chi connectivity index (χ3v) is 2.77. The maximum atomic E-state index is 11.9. The Morgan fingerprint density at radius 3 is 2.44 bits per heavy atom. The first-order valence-electron chi connectivity index (χ1n) is 5.76. The Bertz CT molecular complexity index is 351. The van der Waals surface area contributed by atoms with Crippen molar-refractivity contribution in [2.75, 3.05) is 0 Å². The van der Waals surface area contributed by atoms with E-state index < -0.39 is 0 Å². The van der Waals surface area contributed by atoms with Crippen molar-refractivity contribution in [3.8, 4) is 0 Å². The summed E-state index contributed by atoms with van der Waals surface area (Å²) in [5, 5.41) is 17.7. The van der Waals surface area contributed by atoms with E-state index in [-0.39, 0.29) is 28.2 Å². The number of aliphatic hydroxyl groups is 1. The van der Waals surface area contributed by atoms with Crippen LogP contribution in [0.15, 0.2) is 11.3 Å². The van der Waals surface area contributed by atoms with Crippen molar-refractivity contribution in [1.82, 2.24) is 0 Å². The molecule has 90 valence electrons. The molecular formula is C13H21NO2. The van der Waals surface area contributed by atoms with E-state index in [0.717, 1.165) is 0 Å². The van der Waals surface area contributed by atoms with Gasteiger partial charge in [0.05, 0.1) is 5.57 Å². The summed E-state index contributed by atoms with van der Waals surface area (Å²) in [5.41, 5.74) is 0.379. The Balaban J connectivity index is 2.95. The minimum atomic E-state index is -0.178. The third-order valence-electron chi connectivity index (χ3n) is 2.77. The molecule has 0 amide bonds.